The Morgan fingerprint density at radius 1 is 1.44 bits per heavy atom. The minimum absolute atomic E-state index is 0.0312. The molecule has 1 amide bonds. The normalized spacial score (nSPS) is 10.3. The number of hydrazine groups is 1. The first-order valence-corrected chi connectivity index (χ1v) is 5.48. The monoisotopic (exact) mass is 244 g/mol. The van der Waals surface area contributed by atoms with Crippen LogP contribution in [0.15, 0.2) is 24.3 Å². The van der Waals surface area contributed by atoms with E-state index in [-0.39, 0.29) is 23.6 Å². The fraction of sp³-hybridized carbons (Fsp3) is 0.364. The maximum Gasteiger partial charge on any atom is 0.256 e. The number of amides is 1. The van der Waals surface area contributed by atoms with Gasteiger partial charge in [-0.05, 0) is 38.1 Å². The van der Waals surface area contributed by atoms with Crippen molar-refractivity contribution in [1.82, 2.24) is 5.01 Å². The number of nitrogens with zero attached hydrogens (tertiary/aromatic N) is 1. The van der Waals surface area contributed by atoms with Crippen molar-refractivity contribution in [3.63, 3.8) is 0 Å². The molecule has 1 N–H and O–H groups in total. The highest BCUT2D eigenvalue weighted by molar-refractivity contribution is 6.27. The summed E-state index contributed by atoms with van der Waals surface area (Å²) in [6.07, 6.45) is 0. The molecule has 0 atom stereocenters. The van der Waals surface area contributed by atoms with Crippen LogP contribution in [-0.4, -0.2) is 22.8 Å². The number of alkyl halides is 1. The first-order valence-electron chi connectivity index (χ1n) is 4.95. The van der Waals surface area contributed by atoms with Crippen LogP contribution in [0, 0.1) is 5.82 Å². The molecule has 0 fully saturated rings. The van der Waals surface area contributed by atoms with Crippen LogP contribution in [0.3, 0.4) is 0 Å². The molecular weight excluding hydrogens is 231 g/mol. The largest absolute Gasteiger partial charge is 0.296 e. The molecule has 16 heavy (non-hydrogen) atoms. The number of benzene rings is 1. The molecule has 88 valence electrons. The summed E-state index contributed by atoms with van der Waals surface area (Å²) in [5.41, 5.74) is 3.54. The van der Waals surface area contributed by atoms with Gasteiger partial charge in [0.25, 0.3) is 5.91 Å². The van der Waals surface area contributed by atoms with Crippen LogP contribution in [0.4, 0.5) is 10.1 Å². The van der Waals surface area contributed by atoms with Crippen molar-refractivity contribution in [2.75, 3.05) is 11.3 Å². The van der Waals surface area contributed by atoms with E-state index in [4.69, 9.17) is 11.6 Å². The van der Waals surface area contributed by atoms with Crippen LogP contribution in [0.5, 0.6) is 0 Å². The zero-order valence-corrected chi connectivity index (χ0v) is 9.96. The highest BCUT2D eigenvalue weighted by Gasteiger charge is 2.15. The van der Waals surface area contributed by atoms with Crippen LogP contribution < -0.4 is 5.43 Å². The lowest BCUT2D eigenvalue weighted by molar-refractivity contribution is -0.128. The van der Waals surface area contributed by atoms with E-state index in [1.54, 1.807) is 12.1 Å². The van der Waals surface area contributed by atoms with Gasteiger partial charge in [-0.1, -0.05) is 0 Å². The fourth-order valence-electron chi connectivity index (χ4n) is 1.21. The Labute approximate surface area is 99.2 Å². The summed E-state index contributed by atoms with van der Waals surface area (Å²) in [5.74, 6) is -0.627. The minimum Gasteiger partial charge on any atom is -0.296 e. The second-order valence-electron chi connectivity index (χ2n) is 3.61. The summed E-state index contributed by atoms with van der Waals surface area (Å²) in [7, 11) is 0. The van der Waals surface area contributed by atoms with E-state index in [1.165, 1.54) is 17.1 Å². The Hall–Kier alpha value is -1.29. The molecule has 0 saturated heterocycles. The van der Waals surface area contributed by atoms with Gasteiger partial charge in [0.05, 0.1) is 5.69 Å². The summed E-state index contributed by atoms with van der Waals surface area (Å²) >= 11 is 5.49. The van der Waals surface area contributed by atoms with Gasteiger partial charge in [-0.15, -0.1) is 11.6 Å². The van der Waals surface area contributed by atoms with Crippen molar-refractivity contribution in [2.45, 2.75) is 19.9 Å². The first kappa shape index (κ1) is 12.8. The summed E-state index contributed by atoms with van der Waals surface area (Å²) in [6, 6.07) is 5.74. The molecule has 5 heteroatoms. The number of hydrogen-bond donors (Lipinski definition) is 1. The number of rotatable bonds is 4. The highest BCUT2D eigenvalue weighted by Crippen LogP contribution is 2.11. The van der Waals surface area contributed by atoms with Crippen molar-refractivity contribution in [3.05, 3.63) is 30.1 Å². The standard InChI is InChI=1S/C11H14ClFN2O/c1-8(2)15(11(16)7-12)14-10-5-3-9(13)4-6-10/h3-6,8,14H,7H2,1-2H3. The molecule has 1 aromatic carbocycles. The lowest BCUT2D eigenvalue weighted by atomic mass is 10.3. The molecule has 0 heterocycles. The summed E-state index contributed by atoms with van der Waals surface area (Å²) in [4.78, 5) is 11.5. The van der Waals surface area contributed by atoms with Crippen LogP contribution in [0.2, 0.25) is 0 Å². The van der Waals surface area contributed by atoms with Crippen LogP contribution in [-0.2, 0) is 4.79 Å². The molecule has 0 aromatic heterocycles. The third kappa shape index (κ3) is 3.38. The van der Waals surface area contributed by atoms with Gasteiger partial charge in [0, 0.05) is 6.04 Å². The van der Waals surface area contributed by atoms with Gasteiger partial charge in [0.15, 0.2) is 0 Å². The number of halogens is 2. The summed E-state index contributed by atoms with van der Waals surface area (Å²) in [6.45, 7) is 3.72. The van der Waals surface area contributed by atoms with E-state index >= 15 is 0 Å². The van der Waals surface area contributed by atoms with Gasteiger partial charge in [0.1, 0.15) is 11.7 Å². The minimum atomic E-state index is -0.315. The molecule has 0 bridgehead atoms. The molecule has 0 radical (unpaired) electrons. The summed E-state index contributed by atoms with van der Waals surface area (Å²) in [5, 5.41) is 1.42. The Morgan fingerprint density at radius 2 is 2.00 bits per heavy atom. The van der Waals surface area contributed by atoms with E-state index in [9.17, 15) is 9.18 Å². The zero-order chi connectivity index (χ0) is 12.1. The molecule has 0 aliphatic rings. The van der Waals surface area contributed by atoms with E-state index in [0.717, 1.165) is 0 Å². The van der Waals surface area contributed by atoms with Crippen molar-refractivity contribution >= 4 is 23.2 Å². The number of hydrogen-bond acceptors (Lipinski definition) is 2. The summed E-state index contributed by atoms with van der Waals surface area (Å²) < 4.78 is 12.7. The smallest absolute Gasteiger partial charge is 0.256 e. The van der Waals surface area contributed by atoms with Gasteiger partial charge in [0.2, 0.25) is 0 Å². The second-order valence-corrected chi connectivity index (χ2v) is 3.88. The fourth-order valence-corrected chi connectivity index (χ4v) is 1.34. The molecule has 0 aliphatic heterocycles. The predicted molar refractivity (Wildman–Crippen MR) is 62.7 cm³/mol. The molecule has 1 rings (SSSR count). The quantitative estimate of drug-likeness (QED) is 0.652. The maximum atomic E-state index is 12.7. The Kier molecular flexibility index (Phi) is 4.55. The Morgan fingerprint density at radius 3 is 2.44 bits per heavy atom. The lowest BCUT2D eigenvalue weighted by Crippen LogP contribution is -2.42. The SMILES string of the molecule is CC(C)N(Nc1ccc(F)cc1)C(=O)CCl. The van der Waals surface area contributed by atoms with Gasteiger partial charge in [-0.25, -0.2) is 4.39 Å². The molecule has 3 nitrogen and oxygen atoms in total. The Bertz CT molecular complexity index is 354. The Balaban J connectivity index is 2.75. The van der Waals surface area contributed by atoms with E-state index in [2.05, 4.69) is 5.43 Å². The van der Waals surface area contributed by atoms with Gasteiger partial charge in [-0.2, -0.15) is 0 Å². The van der Waals surface area contributed by atoms with Gasteiger partial charge < -0.3 is 0 Å². The molecule has 0 aliphatic carbocycles. The van der Waals surface area contributed by atoms with Crippen LogP contribution in [0.25, 0.3) is 0 Å². The van der Waals surface area contributed by atoms with Crippen molar-refractivity contribution < 1.29 is 9.18 Å². The highest BCUT2D eigenvalue weighted by atomic mass is 35.5. The van der Waals surface area contributed by atoms with Crippen LogP contribution >= 0.6 is 11.6 Å². The van der Waals surface area contributed by atoms with E-state index < -0.39 is 0 Å². The zero-order valence-electron chi connectivity index (χ0n) is 9.21. The third-order valence-corrected chi connectivity index (χ3v) is 2.22. The number of carbonyl (C=O) groups excluding carboxylic acids is 1. The molecule has 1 aromatic rings. The number of carbonyl (C=O) groups is 1. The molecule has 0 spiro atoms. The van der Waals surface area contributed by atoms with Gasteiger partial charge in [-0.3, -0.25) is 15.2 Å². The second kappa shape index (κ2) is 5.70. The lowest BCUT2D eigenvalue weighted by Gasteiger charge is -2.27. The first-order chi connectivity index (χ1) is 7.54. The van der Waals surface area contributed by atoms with Crippen LogP contribution in [0.1, 0.15) is 13.8 Å². The number of nitrogens with one attached hydrogen (secondary N) is 1. The average Bonchev–Trinajstić information content (AvgIpc) is 2.27. The van der Waals surface area contributed by atoms with Crippen molar-refractivity contribution in [2.24, 2.45) is 0 Å². The number of anilines is 1. The third-order valence-electron chi connectivity index (χ3n) is 1.99. The van der Waals surface area contributed by atoms with Gasteiger partial charge >= 0.3 is 0 Å². The predicted octanol–water partition coefficient (Wildman–Crippen LogP) is 2.63. The van der Waals surface area contributed by atoms with E-state index in [0.29, 0.717) is 5.69 Å². The topological polar surface area (TPSA) is 32.3 Å². The van der Waals surface area contributed by atoms with E-state index in [1.807, 2.05) is 13.8 Å². The average molecular weight is 245 g/mol. The van der Waals surface area contributed by atoms with Crippen molar-refractivity contribution in [1.29, 1.82) is 0 Å². The maximum absolute atomic E-state index is 12.7. The molecule has 0 unspecified atom stereocenters. The van der Waals surface area contributed by atoms with Crippen molar-refractivity contribution in [3.8, 4) is 0 Å². The molecule has 0 saturated carbocycles. The molecular formula is C11H14ClFN2O.